The number of fused-ring (bicyclic) bond motifs is 1. The molecule has 15 heteroatoms. The molecule has 0 saturated carbocycles. The number of halogens is 3. The van der Waals surface area contributed by atoms with Crippen LogP contribution in [0.2, 0.25) is 0 Å². The number of rotatable bonds is 13. The molecular weight excluding hydrogens is 709 g/mol. The van der Waals surface area contributed by atoms with E-state index in [2.05, 4.69) is 5.32 Å². The average Bonchev–Trinajstić information content (AvgIpc) is 3.50. The number of nitrogens with one attached hydrogen (secondary N) is 1. The third-order valence-electron chi connectivity index (χ3n) is 9.56. The van der Waals surface area contributed by atoms with Crippen molar-refractivity contribution >= 4 is 29.5 Å². The lowest BCUT2D eigenvalue weighted by Gasteiger charge is -2.27. The number of piperidine rings is 1. The molecular formula is C39H37F3N4O8. The molecule has 0 aliphatic carbocycles. The lowest BCUT2D eigenvalue weighted by Crippen LogP contribution is -2.54. The first kappa shape index (κ1) is 37.8. The van der Waals surface area contributed by atoms with Crippen molar-refractivity contribution in [3.63, 3.8) is 0 Å². The van der Waals surface area contributed by atoms with E-state index in [9.17, 15) is 37.1 Å². The number of benzene rings is 3. The van der Waals surface area contributed by atoms with Crippen LogP contribution in [0.3, 0.4) is 0 Å². The maximum absolute atomic E-state index is 13.5. The third kappa shape index (κ3) is 7.87. The van der Waals surface area contributed by atoms with E-state index in [4.69, 9.17) is 19.5 Å². The maximum Gasteiger partial charge on any atom is 0.417 e. The van der Waals surface area contributed by atoms with E-state index in [1.807, 2.05) is 26.0 Å². The number of carbonyl (C=O) groups excluding carboxylic acids is 5. The number of alkyl halides is 3. The largest absolute Gasteiger partial charge is 0.494 e. The van der Waals surface area contributed by atoms with Gasteiger partial charge in [-0.25, -0.2) is 0 Å². The molecule has 5 amide bonds. The number of likely N-dealkylation sites (tertiary alicyclic amines) is 1. The number of hydrogen-bond acceptors (Lipinski definition) is 9. The lowest BCUT2D eigenvalue weighted by atomic mass is 9.89. The van der Waals surface area contributed by atoms with Gasteiger partial charge in [0.2, 0.25) is 11.8 Å². The van der Waals surface area contributed by atoms with Crippen LogP contribution in [0.15, 0.2) is 60.7 Å². The summed E-state index contributed by atoms with van der Waals surface area (Å²) in [5.41, 5.74) is -1.26. The highest BCUT2D eigenvalue weighted by molar-refractivity contribution is 6.24. The highest BCUT2D eigenvalue weighted by atomic mass is 19.4. The summed E-state index contributed by atoms with van der Waals surface area (Å²) in [4.78, 5) is 66.0. The first-order chi connectivity index (χ1) is 25.7. The van der Waals surface area contributed by atoms with Crippen LogP contribution >= 0.6 is 0 Å². The van der Waals surface area contributed by atoms with Crippen molar-refractivity contribution in [2.24, 2.45) is 5.41 Å². The summed E-state index contributed by atoms with van der Waals surface area (Å²) in [6, 6.07) is 15.5. The minimum Gasteiger partial charge on any atom is -0.494 e. The van der Waals surface area contributed by atoms with Gasteiger partial charge >= 0.3 is 6.18 Å². The van der Waals surface area contributed by atoms with Crippen LogP contribution in [0, 0.1) is 16.7 Å². The van der Waals surface area contributed by atoms with Gasteiger partial charge in [-0.05, 0) is 73.7 Å². The van der Waals surface area contributed by atoms with Gasteiger partial charge in [0, 0.05) is 24.9 Å². The molecule has 3 aliphatic heterocycles. The summed E-state index contributed by atoms with van der Waals surface area (Å²) in [5, 5.41) is 11.3. The number of nitriles is 1. The molecule has 54 heavy (non-hydrogen) atoms. The van der Waals surface area contributed by atoms with Crippen molar-refractivity contribution in [2.75, 3.05) is 19.8 Å². The highest BCUT2D eigenvalue weighted by Crippen LogP contribution is 2.38. The average molecular weight is 747 g/mol. The van der Waals surface area contributed by atoms with E-state index >= 15 is 0 Å². The summed E-state index contributed by atoms with van der Waals surface area (Å²) >= 11 is 0. The normalized spacial score (nSPS) is 19.4. The van der Waals surface area contributed by atoms with Gasteiger partial charge in [-0.3, -0.25) is 34.2 Å². The van der Waals surface area contributed by atoms with E-state index in [-0.39, 0.29) is 54.5 Å². The minimum absolute atomic E-state index is 0.0334. The van der Waals surface area contributed by atoms with Crippen molar-refractivity contribution in [3.8, 4) is 23.3 Å². The van der Waals surface area contributed by atoms with Gasteiger partial charge in [-0.1, -0.05) is 32.0 Å². The molecule has 6 rings (SSSR count). The van der Waals surface area contributed by atoms with Crippen LogP contribution in [0.4, 0.5) is 13.2 Å². The van der Waals surface area contributed by atoms with E-state index in [0.717, 1.165) is 29.0 Å². The first-order valence-corrected chi connectivity index (χ1v) is 17.4. The summed E-state index contributed by atoms with van der Waals surface area (Å²) in [7, 11) is 0. The second kappa shape index (κ2) is 15.2. The van der Waals surface area contributed by atoms with Gasteiger partial charge in [0.05, 0.1) is 41.5 Å². The first-order valence-electron chi connectivity index (χ1n) is 17.4. The second-order valence-corrected chi connectivity index (χ2v) is 14.0. The van der Waals surface area contributed by atoms with E-state index in [1.165, 1.54) is 18.2 Å². The molecule has 2 unspecified atom stereocenters. The number of imide groups is 2. The number of unbranched alkanes of at least 4 members (excludes halogenated alkanes) is 2. The molecule has 3 aliphatic rings. The third-order valence-corrected chi connectivity index (χ3v) is 9.56. The van der Waals surface area contributed by atoms with Gasteiger partial charge in [-0.2, -0.15) is 18.4 Å². The minimum atomic E-state index is -4.75. The van der Waals surface area contributed by atoms with E-state index < -0.39 is 58.5 Å². The molecule has 2 atom stereocenters. The number of ether oxygens (including phenoxy) is 3. The zero-order valence-corrected chi connectivity index (χ0v) is 29.5. The molecule has 2 saturated heterocycles. The molecule has 1 N–H and O–H groups in total. The Labute approximate surface area is 308 Å². The van der Waals surface area contributed by atoms with E-state index in [0.29, 0.717) is 31.7 Å². The monoisotopic (exact) mass is 746 g/mol. The molecule has 12 nitrogen and oxygen atoms in total. The molecule has 3 heterocycles. The quantitative estimate of drug-likeness (QED) is 0.178. The Morgan fingerprint density at radius 3 is 2.30 bits per heavy atom. The molecule has 3 aromatic carbocycles. The number of hydrogen-bond donors (Lipinski definition) is 1. The molecule has 0 radical (unpaired) electrons. The molecule has 0 aromatic heterocycles. The Morgan fingerprint density at radius 1 is 0.907 bits per heavy atom. The van der Waals surface area contributed by atoms with Crippen molar-refractivity contribution in [3.05, 3.63) is 88.5 Å². The standard InChI is InChI=1S/C39H37F3N4O8/c1-38(2)22-45(37(51)33(38)54-26-14-11-24(20-43)28(19-26)39(40,41)42)21-23-9-12-25(13-10-23)52-17-4-3-5-18-53-30-8-6-7-27-32(30)36(50)46(35(27)49)29-15-16-31(47)44-34(29)48/h6-14,19,29,33H,3-5,15-18,21-22H2,1-2H3,(H,44,47,48). The summed E-state index contributed by atoms with van der Waals surface area (Å²) < 4.78 is 58.0. The summed E-state index contributed by atoms with van der Waals surface area (Å²) in [6.45, 7) is 4.92. The number of nitrogens with zero attached hydrogens (tertiary/aromatic N) is 3. The molecule has 0 bridgehead atoms. The van der Waals surface area contributed by atoms with Crippen LogP contribution < -0.4 is 19.5 Å². The fourth-order valence-corrected chi connectivity index (χ4v) is 6.83. The van der Waals surface area contributed by atoms with Gasteiger partial charge in [0.1, 0.15) is 23.3 Å². The molecule has 3 aromatic rings. The Balaban J connectivity index is 0.939. The Hall–Kier alpha value is -5.91. The Kier molecular flexibility index (Phi) is 10.7. The molecule has 282 valence electrons. The van der Waals surface area contributed by atoms with Crippen LogP contribution in [0.25, 0.3) is 0 Å². The van der Waals surface area contributed by atoms with Crippen LogP contribution in [-0.2, 0) is 27.1 Å². The number of amides is 5. The molecule has 2 fully saturated rings. The fraction of sp³-hybridized carbons (Fsp3) is 0.385. The van der Waals surface area contributed by atoms with Gasteiger partial charge in [-0.15, -0.1) is 0 Å². The van der Waals surface area contributed by atoms with Crippen molar-refractivity contribution < 1.29 is 51.4 Å². The lowest BCUT2D eigenvalue weighted by molar-refractivity contribution is -0.138. The topological polar surface area (TPSA) is 155 Å². The summed E-state index contributed by atoms with van der Waals surface area (Å²) in [6.07, 6.45) is -3.56. The van der Waals surface area contributed by atoms with Gasteiger partial charge < -0.3 is 19.1 Å². The van der Waals surface area contributed by atoms with Crippen molar-refractivity contribution in [1.29, 1.82) is 5.26 Å². The van der Waals surface area contributed by atoms with Crippen LogP contribution in [0.5, 0.6) is 17.2 Å². The van der Waals surface area contributed by atoms with Gasteiger partial charge in [0.15, 0.2) is 6.10 Å². The van der Waals surface area contributed by atoms with Crippen molar-refractivity contribution in [1.82, 2.24) is 15.1 Å². The second-order valence-electron chi connectivity index (χ2n) is 14.0. The van der Waals surface area contributed by atoms with Crippen LogP contribution in [-0.4, -0.2) is 71.2 Å². The Bertz CT molecular complexity index is 2020. The predicted octanol–water partition coefficient (Wildman–Crippen LogP) is 5.42. The van der Waals surface area contributed by atoms with Crippen LogP contribution in [0.1, 0.15) is 83.4 Å². The maximum atomic E-state index is 13.5. The SMILES string of the molecule is CC1(C)CN(Cc2ccc(OCCCCCOc3cccc4c3C(=O)N(C3CCC(=O)NC3=O)C4=O)cc2)C(=O)C1Oc1ccc(C#N)c(C(F)(F)F)c1. The van der Waals surface area contributed by atoms with Crippen molar-refractivity contribution in [2.45, 2.75) is 70.8 Å². The fourth-order valence-electron chi connectivity index (χ4n) is 6.83. The zero-order valence-electron chi connectivity index (χ0n) is 29.5. The molecule has 0 spiro atoms. The predicted molar refractivity (Wildman–Crippen MR) is 184 cm³/mol. The zero-order chi connectivity index (χ0) is 38.8. The van der Waals surface area contributed by atoms with Gasteiger partial charge in [0.25, 0.3) is 17.7 Å². The Morgan fingerprint density at radius 2 is 1.61 bits per heavy atom. The highest BCUT2D eigenvalue weighted by Gasteiger charge is 2.49. The van der Waals surface area contributed by atoms with E-state index in [1.54, 1.807) is 29.2 Å². The number of carbonyl (C=O) groups is 5. The smallest absolute Gasteiger partial charge is 0.417 e. The summed E-state index contributed by atoms with van der Waals surface area (Å²) in [5.74, 6) is -1.95.